The van der Waals surface area contributed by atoms with Gasteiger partial charge in [-0.05, 0) is 64.2 Å². The molecule has 2 aliphatic rings. The van der Waals surface area contributed by atoms with Crippen LogP contribution in [0, 0.1) is 11.8 Å². The highest BCUT2D eigenvalue weighted by atomic mass is 32.1. The molecule has 3 atom stereocenters. The van der Waals surface area contributed by atoms with Crippen molar-refractivity contribution in [3.63, 3.8) is 0 Å². The van der Waals surface area contributed by atoms with Crippen LogP contribution in [0.2, 0.25) is 0 Å². The lowest BCUT2D eigenvalue weighted by Crippen LogP contribution is -2.53. The van der Waals surface area contributed by atoms with E-state index in [4.69, 9.17) is 4.98 Å². The second-order valence-corrected chi connectivity index (χ2v) is 8.38. The van der Waals surface area contributed by atoms with Gasteiger partial charge in [0.05, 0.1) is 11.2 Å². The van der Waals surface area contributed by atoms with Crippen molar-refractivity contribution in [2.75, 3.05) is 0 Å². The second kappa shape index (κ2) is 5.42. The van der Waals surface area contributed by atoms with Crippen LogP contribution in [0.15, 0.2) is 0 Å². The van der Waals surface area contributed by atoms with E-state index in [-0.39, 0.29) is 5.54 Å². The Morgan fingerprint density at radius 1 is 1.30 bits per heavy atom. The predicted octanol–water partition coefficient (Wildman–Crippen LogP) is 4.28. The summed E-state index contributed by atoms with van der Waals surface area (Å²) in [6.45, 7) is 9.37. The van der Waals surface area contributed by atoms with Crippen LogP contribution in [0.3, 0.4) is 0 Å². The lowest BCUT2D eigenvalue weighted by atomic mass is 9.70. The van der Waals surface area contributed by atoms with Gasteiger partial charge in [-0.25, -0.2) is 4.98 Å². The van der Waals surface area contributed by atoms with Gasteiger partial charge < -0.3 is 5.32 Å². The van der Waals surface area contributed by atoms with Gasteiger partial charge in [0.15, 0.2) is 0 Å². The van der Waals surface area contributed by atoms with E-state index < -0.39 is 0 Å². The zero-order valence-electron chi connectivity index (χ0n) is 13.3. The zero-order valence-corrected chi connectivity index (χ0v) is 14.1. The van der Waals surface area contributed by atoms with E-state index in [9.17, 15) is 0 Å². The van der Waals surface area contributed by atoms with Gasteiger partial charge >= 0.3 is 0 Å². The smallest absolute Gasteiger partial charge is 0.114 e. The van der Waals surface area contributed by atoms with Crippen LogP contribution in [-0.4, -0.2) is 11.0 Å². The molecule has 0 bridgehead atoms. The second-order valence-electron chi connectivity index (χ2n) is 7.29. The molecule has 1 fully saturated rings. The average Bonchev–Trinajstić information content (AvgIpc) is 2.93. The van der Waals surface area contributed by atoms with Gasteiger partial charge in [-0.15, -0.1) is 11.3 Å². The molecule has 1 aromatic rings. The molecule has 3 heteroatoms. The molecule has 20 heavy (non-hydrogen) atoms. The van der Waals surface area contributed by atoms with E-state index in [2.05, 4.69) is 33.0 Å². The molecule has 112 valence electrons. The zero-order chi connectivity index (χ0) is 14.3. The predicted molar refractivity (Wildman–Crippen MR) is 86.3 cm³/mol. The summed E-state index contributed by atoms with van der Waals surface area (Å²) in [5, 5.41) is 5.30. The number of nitrogens with zero attached hydrogens (tertiary/aromatic N) is 1. The summed E-state index contributed by atoms with van der Waals surface area (Å²) >= 11 is 2.00. The molecule has 1 heterocycles. The molecule has 1 saturated carbocycles. The molecule has 1 aromatic heterocycles. The minimum atomic E-state index is 0.135. The quantitative estimate of drug-likeness (QED) is 0.899. The van der Waals surface area contributed by atoms with Crippen LogP contribution in [0.5, 0.6) is 0 Å². The van der Waals surface area contributed by atoms with Crippen molar-refractivity contribution >= 4 is 11.3 Å². The van der Waals surface area contributed by atoms with E-state index in [1.165, 1.54) is 49.2 Å². The molecule has 0 aromatic carbocycles. The van der Waals surface area contributed by atoms with Gasteiger partial charge in [0.25, 0.3) is 0 Å². The SMILES string of the molecule is CC1CCC(NC(C)C)(c2nc3c(s2)CCC3)C(C)C1. The first kappa shape index (κ1) is 14.5. The number of aromatic nitrogens is 1. The standard InChI is InChI=1S/C17H28N2S/c1-11(2)19-17(9-8-12(3)10-13(17)4)16-18-14-6-5-7-15(14)20-16/h11-13,19H,5-10H2,1-4H3. The molecule has 0 radical (unpaired) electrons. The maximum atomic E-state index is 5.07. The highest BCUT2D eigenvalue weighted by molar-refractivity contribution is 7.12. The lowest BCUT2D eigenvalue weighted by Gasteiger charge is -2.45. The molecule has 1 N–H and O–H groups in total. The van der Waals surface area contributed by atoms with Crippen molar-refractivity contribution in [1.29, 1.82) is 0 Å². The highest BCUT2D eigenvalue weighted by Crippen LogP contribution is 2.46. The topological polar surface area (TPSA) is 24.9 Å². The van der Waals surface area contributed by atoms with Gasteiger partial charge in [0.2, 0.25) is 0 Å². The van der Waals surface area contributed by atoms with E-state index in [1.807, 2.05) is 11.3 Å². The first-order valence-electron chi connectivity index (χ1n) is 8.28. The molecule has 0 amide bonds. The molecule has 0 saturated heterocycles. The Hall–Kier alpha value is -0.410. The first-order chi connectivity index (χ1) is 9.51. The van der Waals surface area contributed by atoms with Crippen LogP contribution in [0.4, 0.5) is 0 Å². The lowest BCUT2D eigenvalue weighted by molar-refractivity contribution is 0.112. The summed E-state index contributed by atoms with van der Waals surface area (Å²) < 4.78 is 0. The summed E-state index contributed by atoms with van der Waals surface area (Å²) in [7, 11) is 0. The number of nitrogens with one attached hydrogen (secondary N) is 1. The van der Waals surface area contributed by atoms with Crippen molar-refractivity contribution in [2.24, 2.45) is 11.8 Å². The largest absolute Gasteiger partial charge is 0.303 e. The summed E-state index contributed by atoms with van der Waals surface area (Å²) in [5.74, 6) is 1.54. The number of hydrogen-bond acceptors (Lipinski definition) is 3. The van der Waals surface area contributed by atoms with E-state index >= 15 is 0 Å². The Bertz CT molecular complexity index is 458. The highest BCUT2D eigenvalue weighted by Gasteiger charge is 2.44. The molecule has 3 rings (SSSR count). The van der Waals surface area contributed by atoms with Crippen molar-refractivity contribution in [3.05, 3.63) is 15.6 Å². The van der Waals surface area contributed by atoms with E-state index in [1.54, 1.807) is 4.88 Å². The molecule has 2 aliphatic carbocycles. The third-order valence-electron chi connectivity index (χ3n) is 5.15. The third kappa shape index (κ3) is 2.43. The van der Waals surface area contributed by atoms with Gasteiger partial charge in [-0.2, -0.15) is 0 Å². The summed E-state index contributed by atoms with van der Waals surface area (Å²) in [4.78, 5) is 6.64. The molecule has 0 spiro atoms. The van der Waals surface area contributed by atoms with Crippen LogP contribution < -0.4 is 5.32 Å². The fourth-order valence-electron chi connectivity index (χ4n) is 4.13. The van der Waals surface area contributed by atoms with Crippen LogP contribution in [-0.2, 0) is 18.4 Å². The van der Waals surface area contributed by atoms with Crippen molar-refractivity contribution in [2.45, 2.75) is 77.8 Å². The maximum Gasteiger partial charge on any atom is 0.114 e. The first-order valence-corrected chi connectivity index (χ1v) is 9.09. The Labute approximate surface area is 127 Å². The van der Waals surface area contributed by atoms with Gasteiger partial charge in [0, 0.05) is 10.9 Å². The fraction of sp³-hybridized carbons (Fsp3) is 0.824. The fourth-order valence-corrected chi connectivity index (χ4v) is 5.58. The monoisotopic (exact) mass is 292 g/mol. The minimum absolute atomic E-state index is 0.135. The van der Waals surface area contributed by atoms with E-state index in [0.29, 0.717) is 12.0 Å². The molecular weight excluding hydrogens is 264 g/mol. The molecule has 3 unspecified atom stereocenters. The number of hydrogen-bond donors (Lipinski definition) is 1. The van der Waals surface area contributed by atoms with Crippen LogP contribution in [0.25, 0.3) is 0 Å². The summed E-state index contributed by atoms with van der Waals surface area (Å²) in [6.07, 6.45) is 7.67. The molecule has 2 nitrogen and oxygen atoms in total. The van der Waals surface area contributed by atoms with Gasteiger partial charge in [-0.1, -0.05) is 13.8 Å². The molecule has 0 aliphatic heterocycles. The Kier molecular flexibility index (Phi) is 3.93. The number of aryl methyl sites for hydroxylation is 2. The average molecular weight is 292 g/mol. The summed E-state index contributed by atoms with van der Waals surface area (Å²) in [6, 6.07) is 0.518. The van der Waals surface area contributed by atoms with Crippen LogP contribution in [0.1, 0.15) is 69.0 Å². The van der Waals surface area contributed by atoms with Gasteiger partial charge in [0.1, 0.15) is 5.01 Å². The normalized spacial score (nSPS) is 33.6. The van der Waals surface area contributed by atoms with Crippen molar-refractivity contribution in [3.8, 4) is 0 Å². The Morgan fingerprint density at radius 3 is 2.75 bits per heavy atom. The molecular formula is C17H28N2S. The van der Waals surface area contributed by atoms with Crippen molar-refractivity contribution < 1.29 is 0 Å². The van der Waals surface area contributed by atoms with Crippen LogP contribution >= 0.6 is 11.3 Å². The third-order valence-corrected chi connectivity index (χ3v) is 6.49. The summed E-state index contributed by atoms with van der Waals surface area (Å²) in [5.41, 5.74) is 1.54. The maximum absolute atomic E-state index is 5.07. The van der Waals surface area contributed by atoms with Crippen molar-refractivity contribution in [1.82, 2.24) is 10.3 Å². The number of rotatable bonds is 3. The Balaban J connectivity index is 1.96. The number of thiazole rings is 1. The minimum Gasteiger partial charge on any atom is -0.303 e. The number of fused-ring (bicyclic) bond motifs is 1. The Morgan fingerprint density at radius 2 is 2.10 bits per heavy atom. The van der Waals surface area contributed by atoms with Gasteiger partial charge in [-0.3, -0.25) is 0 Å². The van der Waals surface area contributed by atoms with E-state index in [0.717, 1.165) is 5.92 Å².